The van der Waals surface area contributed by atoms with Crippen molar-refractivity contribution in [2.45, 2.75) is 12.8 Å². The van der Waals surface area contributed by atoms with Crippen LogP contribution in [0.5, 0.6) is 0 Å². The lowest BCUT2D eigenvalue weighted by molar-refractivity contribution is -0.140. The van der Waals surface area contributed by atoms with Crippen LogP contribution in [-0.2, 0) is 16.0 Å². The third-order valence-corrected chi connectivity index (χ3v) is 4.66. The van der Waals surface area contributed by atoms with Gasteiger partial charge in [0.25, 0.3) is 0 Å². The molecule has 0 aliphatic heterocycles. The number of ether oxygens (including phenoxy) is 1. The highest BCUT2D eigenvalue weighted by atomic mass is 16.5. The van der Waals surface area contributed by atoms with Gasteiger partial charge in [0, 0.05) is 12.0 Å². The van der Waals surface area contributed by atoms with Gasteiger partial charge in [0.2, 0.25) is 0 Å². The first kappa shape index (κ1) is 17.0. The zero-order valence-corrected chi connectivity index (χ0v) is 15.0. The Morgan fingerprint density at radius 3 is 2.63 bits per heavy atom. The van der Waals surface area contributed by atoms with Gasteiger partial charge < -0.3 is 4.74 Å². The van der Waals surface area contributed by atoms with E-state index in [0.717, 1.165) is 38.9 Å². The summed E-state index contributed by atoms with van der Waals surface area (Å²) in [4.78, 5) is 11.5. The predicted molar refractivity (Wildman–Crippen MR) is 105 cm³/mol. The molecule has 0 unspecified atom stereocenters. The molecule has 0 spiro atoms. The lowest BCUT2D eigenvalue weighted by Crippen LogP contribution is -2.02. The van der Waals surface area contributed by atoms with Crippen molar-refractivity contribution >= 4 is 17.0 Å². The number of carbonyl (C=O) groups is 1. The van der Waals surface area contributed by atoms with E-state index in [1.807, 2.05) is 30.3 Å². The van der Waals surface area contributed by atoms with Gasteiger partial charge in [0.1, 0.15) is 5.52 Å². The first-order valence-electron chi connectivity index (χ1n) is 8.81. The molecule has 0 saturated heterocycles. The molecule has 4 rings (SSSR count). The number of H-pyrrole nitrogens is 1. The summed E-state index contributed by atoms with van der Waals surface area (Å²) in [6.45, 7) is 0. The zero-order chi connectivity index (χ0) is 18.6. The summed E-state index contributed by atoms with van der Waals surface area (Å²) in [7, 11) is 1.41. The fourth-order valence-corrected chi connectivity index (χ4v) is 3.28. The van der Waals surface area contributed by atoms with E-state index in [0.29, 0.717) is 12.8 Å². The fourth-order valence-electron chi connectivity index (χ4n) is 3.28. The molecule has 0 atom stereocenters. The van der Waals surface area contributed by atoms with Crippen LogP contribution in [0.15, 0.2) is 66.7 Å². The molecule has 4 aromatic rings. The van der Waals surface area contributed by atoms with Crippen LogP contribution in [0.4, 0.5) is 0 Å². The number of aryl methyl sites for hydroxylation is 1. The number of aromatic nitrogens is 3. The Hall–Kier alpha value is -3.47. The van der Waals surface area contributed by atoms with Gasteiger partial charge >= 0.3 is 5.97 Å². The zero-order valence-electron chi connectivity index (χ0n) is 15.0. The molecule has 0 aliphatic carbocycles. The van der Waals surface area contributed by atoms with Gasteiger partial charge in [-0.25, -0.2) is 0 Å². The van der Waals surface area contributed by atoms with Gasteiger partial charge in [-0.3, -0.25) is 9.89 Å². The average Bonchev–Trinajstić information content (AvgIpc) is 3.21. The molecule has 1 N–H and O–H groups in total. The van der Waals surface area contributed by atoms with Crippen LogP contribution in [0.1, 0.15) is 12.0 Å². The van der Waals surface area contributed by atoms with E-state index in [1.165, 1.54) is 7.11 Å². The first-order valence-corrected chi connectivity index (χ1v) is 8.81. The molecule has 5 heteroatoms. The number of fused-ring (bicyclic) bond motifs is 1. The summed E-state index contributed by atoms with van der Waals surface area (Å²) >= 11 is 0. The van der Waals surface area contributed by atoms with Gasteiger partial charge in [0.15, 0.2) is 0 Å². The molecular weight excluding hydrogens is 338 g/mol. The standard InChI is InChI=1S/C22H19N3O2/c1-27-21(26)13-11-15-10-12-17(16-6-3-2-4-7-16)19(14-15)18-8-5-9-20-22(18)24-25-23-20/h2-10,12,14H,11,13H2,1H3,(H,23,24,25). The van der Waals surface area contributed by atoms with Crippen LogP contribution < -0.4 is 0 Å². The Labute approximate surface area is 157 Å². The van der Waals surface area contributed by atoms with Gasteiger partial charge in [-0.05, 0) is 34.7 Å². The number of nitrogens with zero attached hydrogens (tertiary/aromatic N) is 2. The van der Waals surface area contributed by atoms with Crippen LogP contribution in [-0.4, -0.2) is 28.5 Å². The van der Waals surface area contributed by atoms with E-state index in [-0.39, 0.29) is 5.97 Å². The molecule has 0 amide bonds. The second-order valence-electron chi connectivity index (χ2n) is 6.34. The molecule has 0 bridgehead atoms. The Morgan fingerprint density at radius 2 is 1.81 bits per heavy atom. The maximum absolute atomic E-state index is 11.5. The summed E-state index contributed by atoms with van der Waals surface area (Å²) in [5.74, 6) is -0.206. The highest BCUT2D eigenvalue weighted by Crippen LogP contribution is 2.36. The van der Waals surface area contributed by atoms with Gasteiger partial charge in [0.05, 0.1) is 12.6 Å². The topological polar surface area (TPSA) is 67.9 Å². The lowest BCUT2D eigenvalue weighted by Gasteiger charge is -2.13. The van der Waals surface area contributed by atoms with Crippen molar-refractivity contribution in [3.05, 3.63) is 72.3 Å². The van der Waals surface area contributed by atoms with E-state index in [4.69, 9.17) is 4.74 Å². The van der Waals surface area contributed by atoms with Crippen molar-refractivity contribution in [1.82, 2.24) is 15.4 Å². The number of hydrogen-bond acceptors (Lipinski definition) is 4. The van der Waals surface area contributed by atoms with Crippen molar-refractivity contribution in [2.75, 3.05) is 7.11 Å². The highest BCUT2D eigenvalue weighted by molar-refractivity contribution is 5.96. The third-order valence-electron chi connectivity index (χ3n) is 4.66. The number of methoxy groups -OCH3 is 1. The molecule has 0 radical (unpaired) electrons. The van der Waals surface area contributed by atoms with E-state index < -0.39 is 0 Å². The molecule has 0 aliphatic rings. The minimum absolute atomic E-state index is 0.206. The van der Waals surface area contributed by atoms with Crippen LogP contribution in [0.25, 0.3) is 33.3 Å². The summed E-state index contributed by atoms with van der Waals surface area (Å²) in [5.41, 5.74) is 7.14. The summed E-state index contributed by atoms with van der Waals surface area (Å²) in [6, 6.07) is 22.6. The van der Waals surface area contributed by atoms with Crippen molar-refractivity contribution in [3.8, 4) is 22.3 Å². The van der Waals surface area contributed by atoms with Crippen LogP contribution in [0.3, 0.4) is 0 Å². The number of carbonyl (C=O) groups excluding carboxylic acids is 1. The SMILES string of the molecule is COC(=O)CCc1ccc(-c2ccccc2)c(-c2cccc3[nH]nnc23)c1. The number of benzene rings is 3. The quantitative estimate of drug-likeness (QED) is 0.538. The second-order valence-corrected chi connectivity index (χ2v) is 6.34. The number of rotatable bonds is 5. The summed E-state index contributed by atoms with van der Waals surface area (Å²) in [5, 5.41) is 11.1. The van der Waals surface area contributed by atoms with Crippen LogP contribution in [0.2, 0.25) is 0 Å². The van der Waals surface area contributed by atoms with Crippen molar-refractivity contribution < 1.29 is 9.53 Å². The van der Waals surface area contributed by atoms with Gasteiger partial charge in [-0.1, -0.05) is 65.9 Å². The van der Waals surface area contributed by atoms with Gasteiger partial charge in [-0.15, -0.1) is 5.10 Å². The molecule has 1 heterocycles. The average molecular weight is 357 g/mol. The third kappa shape index (κ3) is 3.44. The maximum atomic E-state index is 11.5. The summed E-state index contributed by atoms with van der Waals surface area (Å²) < 4.78 is 4.77. The van der Waals surface area contributed by atoms with Crippen molar-refractivity contribution in [1.29, 1.82) is 0 Å². The molecule has 27 heavy (non-hydrogen) atoms. The molecule has 3 aromatic carbocycles. The molecular formula is C22H19N3O2. The van der Waals surface area contributed by atoms with Gasteiger partial charge in [-0.2, -0.15) is 0 Å². The number of aromatic amines is 1. The smallest absolute Gasteiger partial charge is 0.305 e. The Morgan fingerprint density at radius 1 is 0.963 bits per heavy atom. The minimum atomic E-state index is -0.206. The van der Waals surface area contributed by atoms with Crippen molar-refractivity contribution in [2.24, 2.45) is 0 Å². The lowest BCUT2D eigenvalue weighted by atomic mass is 9.91. The van der Waals surface area contributed by atoms with Crippen LogP contribution in [0, 0.1) is 0 Å². The number of esters is 1. The minimum Gasteiger partial charge on any atom is -0.469 e. The van der Waals surface area contributed by atoms with Crippen molar-refractivity contribution in [3.63, 3.8) is 0 Å². The number of nitrogens with one attached hydrogen (secondary N) is 1. The highest BCUT2D eigenvalue weighted by Gasteiger charge is 2.14. The Bertz CT molecular complexity index is 1090. The Kier molecular flexibility index (Phi) is 4.66. The normalized spacial score (nSPS) is 10.9. The Balaban J connectivity index is 1.85. The molecule has 1 aromatic heterocycles. The second kappa shape index (κ2) is 7.41. The first-order chi connectivity index (χ1) is 13.3. The maximum Gasteiger partial charge on any atom is 0.305 e. The van der Waals surface area contributed by atoms with E-state index in [9.17, 15) is 4.79 Å². The molecule has 0 saturated carbocycles. The van der Waals surface area contributed by atoms with E-state index in [1.54, 1.807) is 0 Å². The van der Waals surface area contributed by atoms with E-state index in [2.05, 4.69) is 51.8 Å². The predicted octanol–water partition coefficient (Wildman–Crippen LogP) is 4.40. The molecule has 5 nitrogen and oxygen atoms in total. The summed E-state index contributed by atoms with van der Waals surface area (Å²) in [6.07, 6.45) is 0.984. The monoisotopic (exact) mass is 357 g/mol. The fraction of sp³-hybridized carbons (Fsp3) is 0.136. The van der Waals surface area contributed by atoms with E-state index >= 15 is 0 Å². The largest absolute Gasteiger partial charge is 0.469 e. The van der Waals surface area contributed by atoms with Crippen LogP contribution >= 0.6 is 0 Å². The molecule has 134 valence electrons. The number of hydrogen-bond donors (Lipinski definition) is 1. The molecule has 0 fully saturated rings.